The van der Waals surface area contributed by atoms with Gasteiger partial charge in [0.15, 0.2) is 9.84 Å². The minimum atomic E-state index is -3.78. The second kappa shape index (κ2) is 6.66. The standard InChI is InChI=1S/C13H16FNO5S/c1-8(7-12(16)15-9(2)13(17)18)21(19,20)11-5-3-10(14)4-6-11/h3-6,8-9H,7H2,1-2H3,(H,15,16)(H,17,18)/t8?,9-/m0/s1. The summed E-state index contributed by atoms with van der Waals surface area (Å²) < 4.78 is 37.2. The van der Waals surface area contributed by atoms with Gasteiger partial charge < -0.3 is 10.4 Å². The lowest BCUT2D eigenvalue weighted by Crippen LogP contribution is -2.40. The molecule has 0 aliphatic carbocycles. The van der Waals surface area contributed by atoms with Crippen LogP contribution in [0.5, 0.6) is 0 Å². The van der Waals surface area contributed by atoms with E-state index in [9.17, 15) is 22.4 Å². The molecule has 0 bridgehead atoms. The molecule has 1 unspecified atom stereocenters. The van der Waals surface area contributed by atoms with E-state index in [0.717, 1.165) is 24.3 Å². The van der Waals surface area contributed by atoms with Crippen LogP contribution in [0.1, 0.15) is 20.3 Å². The van der Waals surface area contributed by atoms with Gasteiger partial charge in [-0.05, 0) is 38.1 Å². The Bertz CT molecular complexity index is 626. The van der Waals surface area contributed by atoms with Crippen LogP contribution in [0, 0.1) is 5.82 Å². The second-order valence-corrected chi connectivity index (χ2v) is 7.01. The van der Waals surface area contributed by atoms with E-state index in [1.807, 2.05) is 0 Å². The zero-order valence-corrected chi connectivity index (χ0v) is 12.4. The van der Waals surface area contributed by atoms with Crippen LogP contribution in [0.15, 0.2) is 29.2 Å². The van der Waals surface area contributed by atoms with Crippen molar-refractivity contribution in [2.45, 2.75) is 36.5 Å². The highest BCUT2D eigenvalue weighted by Gasteiger charge is 2.26. The van der Waals surface area contributed by atoms with Gasteiger partial charge in [-0.25, -0.2) is 12.8 Å². The molecule has 0 saturated carbocycles. The highest BCUT2D eigenvalue weighted by atomic mass is 32.2. The summed E-state index contributed by atoms with van der Waals surface area (Å²) in [4.78, 5) is 22.1. The first-order chi connectivity index (χ1) is 9.64. The first-order valence-corrected chi connectivity index (χ1v) is 7.71. The summed E-state index contributed by atoms with van der Waals surface area (Å²) in [6.07, 6.45) is -0.378. The molecule has 116 valence electrons. The highest BCUT2D eigenvalue weighted by Crippen LogP contribution is 2.18. The van der Waals surface area contributed by atoms with Crippen molar-refractivity contribution < 1.29 is 27.5 Å². The van der Waals surface area contributed by atoms with E-state index >= 15 is 0 Å². The van der Waals surface area contributed by atoms with Gasteiger partial charge in [0, 0.05) is 6.42 Å². The van der Waals surface area contributed by atoms with Gasteiger partial charge in [-0.1, -0.05) is 0 Å². The van der Waals surface area contributed by atoms with Crippen molar-refractivity contribution in [1.82, 2.24) is 5.32 Å². The number of hydrogen-bond acceptors (Lipinski definition) is 4. The maximum Gasteiger partial charge on any atom is 0.325 e. The van der Waals surface area contributed by atoms with Crippen LogP contribution in [0.3, 0.4) is 0 Å². The summed E-state index contributed by atoms with van der Waals surface area (Å²) >= 11 is 0. The lowest BCUT2D eigenvalue weighted by Gasteiger charge is -2.14. The maximum absolute atomic E-state index is 12.8. The summed E-state index contributed by atoms with van der Waals surface area (Å²) in [6, 6.07) is 3.19. The van der Waals surface area contributed by atoms with Gasteiger partial charge in [0.1, 0.15) is 11.9 Å². The SMILES string of the molecule is CC(CC(=O)N[C@@H](C)C(=O)O)S(=O)(=O)c1ccc(F)cc1. The van der Waals surface area contributed by atoms with Crippen molar-refractivity contribution in [2.24, 2.45) is 0 Å². The summed E-state index contributed by atoms with van der Waals surface area (Å²) in [7, 11) is -3.78. The van der Waals surface area contributed by atoms with Crippen LogP contribution in [-0.2, 0) is 19.4 Å². The van der Waals surface area contributed by atoms with E-state index in [1.165, 1.54) is 13.8 Å². The van der Waals surface area contributed by atoms with Crippen LogP contribution in [0.25, 0.3) is 0 Å². The third-order valence-electron chi connectivity index (χ3n) is 2.89. The number of carboxylic acid groups (broad SMARTS) is 1. The summed E-state index contributed by atoms with van der Waals surface area (Å²) in [5, 5.41) is 9.79. The molecular formula is C13H16FNO5S. The molecular weight excluding hydrogens is 301 g/mol. The van der Waals surface area contributed by atoms with Gasteiger partial charge in [-0.15, -0.1) is 0 Å². The fourth-order valence-corrected chi connectivity index (χ4v) is 2.94. The fourth-order valence-electron chi connectivity index (χ4n) is 1.59. The van der Waals surface area contributed by atoms with Crippen LogP contribution >= 0.6 is 0 Å². The van der Waals surface area contributed by atoms with Gasteiger partial charge in [0.05, 0.1) is 10.1 Å². The number of rotatable bonds is 6. The van der Waals surface area contributed by atoms with E-state index in [-0.39, 0.29) is 11.3 Å². The number of amides is 1. The maximum atomic E-state index is 12.8. The number of carbonyl (C=O) groups is 2. The molecule has 0 radical (unpaired) electrons. The molecule has 0 aliphatic rings. The smallest absolute Gasteiger partial charge is 0.325 e. The Hall–Kier alpha value is -1.96. The van der Waals surface area contributed by atoms with Gasteiger partial charge in [-0.2, -0.15) is 0 Å². The minimum Gasteiger partial charge on any atom is -0.480 e. The van der Waals surface area contributed by atoms with E-state index in [0.29, 0.717) is 0 Å². The Labute approximate surface area is 121 Å². The predicted octanol–water partition coefficient (Wildman–Crippen LogP) is 0.967. The van der Waals surface area contributed by atoms with Crippen molar-refractivity contribution in [1.29, 1.82) is 0 Å². The highest BCUT2D eigenvalue weighted by molar-refractivity contribution is 7.92. The Kier molecular flexibility index (Phi) is 5.42. The molecule has 2 N–H and O–H groups in total. The molecule has 0 heterocycles. The van der Waals surface area contributed by atoms with Crippen molar-refractivity contribution in [3.63, 3.8) is 0 Å². The molecule has 0 saturated heterocycles. The number of sulfone groups is 1. The number of nitrogens with one attached hydrogen (secondary N) is 1. The molecule has 21 heavy (non-hydrogen) atoms. The van der Waals surface area contributed by atoms with Crippen LogP contribution in [0.4, 0.5) is 4.39 Å². The normalized spacial score (nSPS) is 14.2. The molecule has 1 amide bonds. The third kappa shape index (κ3) is 4.52. The van der Waals surface area contributed by atoms with Crippen molar-refractivity contribution in [3.05, 3.63) is 30.1 Å². The molecule has 1 rings (SSSR count). The van der Waals surface area contributed by atoms with Crippen molar-refractivity contribution in [3.8, 4) is 0 Å². The van der Waals surface area contributed by atoms with E-state index in [1.54, 1.807) is 0 Å². The molecule has 2 atom stereocenters. The molecule has 1 aromatic rings. The number of halogens is 1. The zero-order chi connectivity index (χ0) is 16.2. The topological polar surface area (TPSA) is 101 Å². The lowest BCUT2D eigenvalue weighted by atomic mass is 10.3. The first kappa shape index (κ1) is 17.1. The Balaban J connectivity index is 2.78. The average molecular weight is 317 g/mol. The molecule has 1 aromatic carbocycles. The van der Waals surface area contributed by atoms with E-state index in [2.05, 4.69) is 5.32 Å². The molecule has 0 aliphatic heterocycles. The van der Waals surface area contributed by atoms with Crippen LogP contribution in [0.2, 0.25) is 0 Å². The van der Waals surface area contributed by atoms with Crippen molar-refractivity contribution in [2.75, 3.05) is 0 Å². The lowest BCUT2D eigenvalue weighted by molar-refractivity contribution is -0.141. The molecule has 6 nitrogen and oxygen atoms in total. The van der Waals surface area contributed by atoms with Crippen LogP contribution < -0.4 is 5.32 Å². The average Bonchev–Trinajstić information content (AvgIpc) is 2.38. The van der Waals surface area contributed by atoms with Crippen molar-refractivity contribution >= 4 is 21.7 Å². The number of hydrogen-bond donors (Lipinski definition) is 2. The monoisotopic (exact) mass is 317 g/mol. The largest absolute Gasteiger partial charge is 0.480 e. The molecule has 0 spiro atoms. The number of aliphatic carboxylic acids is 1. The number of carbonyl (C=O) groups excluding carboxylic acids is 1. The fraction of sp³-hybridized carbons (Fsp3) is 0.385. The predicted molar refractivity (Wildman–Crippen MR) is 72.9 cm³/mol. The molecule has 0 fully saturated rings. The summed E-state index contributed by atoms with van der Waals surface area (Å²) in [6.45, 7) is 2.61. The third-order valence-corrected chi connectivity index (χ3v) is 5.05. The van der Waals surface area contributed by atoms with Gasteiger partial charge in [-0.3, -0.25) is 9.59 Å². The van der Waals surface area contributed by atoms with Crippen LogP contribution in [-0.4, -0.2) is 36.7 Å². The Morgan fingerprint density at radius 3 is 2.24 bits per heavy atom. The van der Waals surface area contributed by atoms with Gasteiger partial charge >= 0.3 is 5.97 Å². The zero-order valence-electron chi connectivity index (χ0n) is 11.5. The Morgan fingerprint density at radius 1 is 1.24 bits per heavy atom. The Morgan fingerprint density at radius 2 is 1.76 bits per heavy atom. The molecule has 0 aromatic heterocycles. The van der Waals surface area contributed by atoms with E-state index < -0.39 is 38.8 Å². The number of benzene rings is 1. The quantitative estimate of drug-likeness (QED) is 0.761. The molecule has 8 heteroatoms. The second-order valence-electron chi connectivity index (χ2n) is 4.64. The number of carboxylic acids is 1. The van der Waals surface area contributed by atoms with E-state index in [4.69, 9.17) is 5.11 Å². The van der Waals surface area contributed by atoms with Gasteiger partial charge in [0.2, 0.25) is 5.91 Å². The summed E-state index contributed by atoms with van der Waals surface area (Å²) in [5.41, 5.74) is 0. The minimum absolute atomic E-state index is 0.0875. The van der Waals surface area contributed by atoms with Gasteiger partial charge in [0.25, 0.3) is 0 Å². The first-order valence-electron chi connectivity index (χ1n) is 6.16. The summed E-state index contributed by atoms with van der Waals surface area (Å²) in [5.74, 6) is -2.45.